The summed E-state index contributed by atoms with van der Waals surface area (Å²) >= 11 is 1.80. The molecule has 0 radical (unpaired) electrons. The number of ether oxygens (including phenoxy) is 5. The van der Waals surface area contributed by atoms with Crippen molar-refractivity contribution in [1.29, 1.82) is 0 Å². The first-order valence-corrected chi connectivity index (χ1v) is 25.2. The number of aromatic nitrogens is 2. The van der Waals surface area contributed by atoms with E-state index in [0.29, 0.717) is 96.7 Å². The third kappa shape index (κ3) is 21.9. The fraction of sp³-hybridized carbons (Fsp3) is 0.490. The molecule has 6 amide bonds. The van der Waals surface area contributed by atoms with Gasteiger partial charge in [-0.15, -0.1) is 11.8 Å². The molecule has 74 heavy (non-hydrogen) atoms. The van der Waals surface area contributed by atoms with E-state index < -0.39 is 29.3 Å². The zero-order valence-electron chi connectivity index (χ0n) is 40.8. The molecular formula is C49H64F4N10O10S. The Morgan fingerprint density at radius 1 is 0.757 bits per heavy atom. The Balaban J connectivity index is 0.794. The number of halogens is 4. The summed E-state index contributed by atoms with van der Waals surface area (Å²) in [5, 5.41) is 22.3. The summed E-state index contributed by atoms with van der Waals surface area (Å²) in [5.41, 5.74) is -0.527. The maximum atomic E-state index is 14.9. The van der Waals surface area contributed by atoms with Gasteiger partial charge in [-0.1, -0.05) is 24.8 Å². The fourth-order valence-electron chi connectivity index (χ4n) is 7.12. The molecule has 8 N–H and O–H groups in total. The summed E-state index contributed by atoms with van der Waals surface area (Å²) in [5.74, 6) is -1.74. The van der Waals surface area contributed by atoms with Gasteiger partial charge < -0.3 is 66.2 Å². The van der Waals surface area contributed by atoms with E-state index in [1.165, 1.54) is 30.3 Å². The number of benzene rings is 2. The maximum Gasteiger partial charge on any atom is 0.421 e. The molecule has 0 aliphatic carbocycles. The number of anilines is 5. The van der Waals surface area contributed by atoms with Gasteiger partial charge in [0.15, 0.2) is 11.6 Å². The van der Waals surface area contributed by atoms with E-state index in [-0.39, 0.29) is 103 Å². The number of nitrogens with one attached hydrogen (secondary N) is 8. The van der Waals surface area contributed by atoms with Crippen molar-refractivity contribution in [1.82, 2.24) is 36.6 Å². The van der Waals surface area contributed by atoms with Crippen molar-refractivity contribution in [3.63, 3.8) is 0 Å². The van der Waals surface area contributed by atoms with Crippen molar-refractivity contribution < 1.29 is 65.2 Å². The Morgan fingerprint density at radius 3 is 2.08 bits per heavy atom. The van der Waals surface area contributed by atoms with Gasteiger partial charge in [-0.05, 0) is 62.1 Å². The minimum Gasteiger partial charge on any atom is -0.488 e. The summed E-state index contributed by atoms with van der Waals surface area (Å²) in [4.78, 5) is 67.3. The number of allylic oxidation sites excluding steroid dienone is 1. The number of carbonyl (C=O) groups excluding carboxylic acids is 5. The summed E-state index contributed by atoms with van der Waals surface area (Å²) in [6, 6.07) is 9.92. The van der Waals surface area contributed by atoms with E-state index >= 15 is 0 Å². The van der Waals surface area contributed by atoms with Crippen LogP contribution in [0.2, 0.25) is 0 Å². The molecule has 0 spiro atoms. The largest absolute Gasteiger partial charge is 0.488 e. The van der Waals surface area contributed by atoms with Crippen LogP contribution in [0.5, 0.6) is 5.75 Å². The molecule has 0 saturated carbocycles. The molecule has 0 unspecified atom stereocenters. The highest BCUT2D eigenvalue weighted by Gasteiger charge is 2.42. The molecule has 3 aromatic rings. The number of fused-ring (bicyclic) bond motifs is 1. The SMILES string of the molecule is C=CC(=O)Nc1cccc(Nc2nc(Nc3ccc(OCCOCCNC(=O)CCCC(=O)NCCCOCCOCCOCCCNC(=O)CC/C=C\[C@@H]4SC[C@@H]5NC(=O)N[C@@H]54)c(F)c3)ncc2C(F)(F)F)c1. The van der Waals surface area contributed by atoms with Crippen LogP contribution in [-0.4, -0.2) is 142 Å². The third-order valence-corrected chi connectivity index (χ3v) is 12.2. The molecule has 25 heteroatoms. The first kappa shape index (κ1) is 58.4. The number of rotatable bonds is 35. The second-order valence-corrected chi connectivity index (χ2v) is 17.8. The van der Waals surface area contributed by atoms with Crippen molar-refractivity contribution in [3.8, 4) is 5.75 Å². The first-order valence-electron chi connectivity index (χ1n) is 24.2. The van der Waals surface area contributed by atoms with Gasteiger partial charge in [0.25, 0.3) is 0 Å². The van der Waals surface area contributed by atoms with Gasteiger partial charge in [-0.25, -0.2) is 14.2 Å². The minimum absolute atomic E-state index is 0.00823. The maximum absolute atomic E-state index is 14.9. The predicted octanol–water partition coefficient (Wildman–Crippen LogP) is 5.49. The molecular weight excluding hydrogens is 997 g/mol. The quantitative estimate of drug-likeness (QED) is 0.0119. The van der Waals surface area contributed by atoms with Crippen molar-refractivity contribution in [2.45, 2.75) is 68.5 Å². The Morgan fingerprint density at radius 2 is 1.39 bits per heavy atom. The molecule has 404 valence electrons. The highest BCUT2D eigenvalue weighted by molar-refractivity contribution is 8.00. The lowest BCUT2D eigenvalue weighted by molar-refractivity contribution is -0.137. The van der Waals surface area contributed by atoms with E-state index in [9.17, 15) is 41.5 Å². The van der Waals surface area contributed by atoms with Crippen LogP contribution < -0.4 is 47.3 Å². The number of urea groups is 1. The normalized spacial score (nSPS) is 15.9. The molecule has 3 heterocycles. The average molecular weight is 1060 g/mol. The van der Waals surface area contributed by atoms with E-state index in [1.54, 1.807) is 17.8 Å². The Labute approximate surface area is 430 Å². The molecule has 2 aliphatic heterocycles. The van der Waals surface area contributed by atoms with Gasteiger partial charge in [-0.3, -0.25) is 19.2 Å². The summed E-state index contributed by atoms with van der Waals surface area (Å²) < 4.78 is 83.8. The predicted molar refractivity (Wildman–Crippen MR) is 270 cm³/mol. The fourth-order valence-corrected chi connectivity index (χ4v) is 8.52. The van der Waals surface area contributed by atoms with Crippen LogP contribution in [0, 0.1) is 5.82 Å². The van der Waals surface area contributed by atoms with Crippen molar-refractivity contribution >= 4 is 70.3 Å². The molecule has 0 bridgehead atoms. The van der Waals surface area contributed by atoms with Crippen LogP contribution in [0.15, 0.2) is 73.5 Å². The molecule has 20 nitrogen and oxygen atoms in total. The standard InChI is InChI=1S/C49H64F4N10O10S/c1-2-41(64)58-33-9-5-10-34(29-33)59-46-36(49(51,52)53)31-57-47(63-46)60-35-15-16-39(37(50)30-35)73-28-27-71-22-19-56-44(67)14-6-13-43(66)55-18-8-21-70-24-26-72-25-23-69-20-7-17-54-42(65)12-4-3-11-40-45-38(32-74-40)61-48(68)62-45/h2-3,5,9-11,15-16,29-31,38,40,45H,1,4,6-8,12-14,17-28,32H2,(H,54,65)(H,55,66)(H,56,67)(H,58,64)(H2,61,62,68)(H2,57,59,60,63)/b11-3-/t38-,40-,45-/m0/s1. The van der Waals surface area contributed by atoms with Crippen LogP contribution in [0.4, 0.5) is 51.2 Å². The average Bonchev–Trinajstić information content (AvgIpc) is 3.92. The van der Waals surface area contributed by atoms with Crippen molar-refractivity contribution in [3.05, 3.63) is 84.8 Å². The Hall–Kier alpha value is -6.54. The highest BCUT2D eigenvalue weighted by Crippen LogP contribution is 2.36. The lowest BCUT2D eigenvalue weighted by Crippen LogP contribution is -2.35. The molecule has 2 fully saturated rings. The van der Waals surface area contributed by atoms with Crippen molar-refractivity contribution in [2.75, 3.05) is 101 Å². The molecule has 2 aromatic carbocycles. The molecule has 2 saturated heterocycles. The first-order chi connectivity index (χ1) is 35.8. The Kier molecular flexibility index (Phi) is 25.2. The molecule has 3 atom stereocenters. The number of thioether (sulfide) groups is 1. The van der Waals surface area contributed by atoms with Crippen LogP contribution in [0.3, 0.4) is 0 Å². The number of hydrogen-bond acceptors (Lipinski definition) is 15. The zero-order valence-corrected chi connectivity index (χ0v) is 41.6. The summed E-state index contributed by atoms with van der Waals surface area (Å²) in [7, 11) is 0. The second kappa shape index (κ2) is 31.9. The van der Waals surface area contributed by atoms with E-state index in [2.05, 4.69) is 65.2 Å². The van der Waals surface area contributed by atoms with E-state index in [1.807, 2.05) is 6.08 Å². The smallest absolute Gasteiger partial charge is 0.421 e. The molecule has 2 aliphatic rings. The van der Waals surface area contributed by atoms with E-state index in [4.69, 9.17) is 23.7 Å². The second-order valence-electron chi connectivity index (χ2n) is 16.5. The van der Waals surface area contributed by atoms with Gasteiger partial charge in [0.2, 0.25) is 29.6 Å². The minimum atomic E-state index is -4.80. The lowest BCUT2D eigenvalue weighted by Gasteiger charge is -2.16. The molecule has 1 aromatic heterocycles. The van der Waals surface area contributed by atoms with Gasteiger partial charge >= 0.3 is 12.2 Å². The number of nitrogens with zero attached hydrogens (tertiary/aromatic N) is 2. The van der Waals surface area contributed by atoms with Crippen LogP contribution in [-0.2, 0) is 44.3 Å². The topological polar surface area (TPSA) is 254 Å². The number of alkyl halides is 3. The number of carbonyl (C=O) groups is 5. The van der Waals surface area contributed by atoms with Gasteiger partial charge in [0.05, 0.1) is 51.7 Å². The summed E-state index contributed by atoms with van der Waals surface area (Å²) in [6.45, 7) is 7.42. The third-order valence-electron chi connectivity index (χ3n) is 10.8. The van der Waals surface area contributed by atoms with Crippen LogP contribution in [0.1, 0.15) is 50.5 Å². The highest BCUT2D eigenvalue weighted by atomic mass is 32.2. The lowest BCUT2D eigenvalue weighted by atomic mass is 10.1. The van der Waals surface area contributed by atoms with E-state index in [0.717, 1.165) is 17.9 Å². The van der Waals surface area contributed by atoms with Crippen molar-refractivity contribution in [2.24, 2.45) is 0 Å². The van der Waals surface area contributed by atoms with Gasteiger partial charge in [-0.2, -0.15) is 18.2 Å². The zero-order chi connectivity index (χ0) is 53.0. The summed E-state index contributed by atoms with van der Waals surface area (Å²) in [6.07, 6.45) is 4.01. The Bertz CT molecular complexity index is 2330. The van der Waals surface area contributed by atoms with Gasteiger partial charge in [0.1, 0.15) is 18.0 Å². The van der Waals surface area contributed by atoms with Gasteiger partial charge in [0, 0.05) is 92.4 Å². The molecule has 5 rings (SSSR count). The monoisotopic (exact) mass is 1060 g/mol. The van der Waals surface area contributed by atoms with Crippen LogP contribution in [0.25, 0.3) is 0 Å². The van der Waals surface area contributed by atoms with Crippen LogP contribution >= 0.6 is 11.8 Å². The number of hydrogen-bond donors (Lipinski definition) is 8. The number of amides is 6.